The predicted molar refractivity (Wildman–Crippen MR) is 69.3 cm³/mol. The Morgan fingerprint density at radius 2 is 2.05 bits per heavy atom. The van der Waals surface area contributed by atoms with Crippen LogP contribution >= 0.6 is 0 Å². The lowest BCUT2D eigenvalue weighted by Gasteiger charge is -2.20. The third-order valence-electron chi connectivity index (χ3n) is 2.78. The van der Waals surface area contributed by atoms with Crippen molar-refractivity contribution in [3.63, 3.8) is 0 Å². The van der Waals surface area contributed by atoms with Crippen LogP contribution in [0.4, 0.5) is 0 Å². The molecular weight excluding hydrogens is 250 g/mol. The van der Waals surface area contributed by atoms with Crippen LogP contribution in [0.25, 0.3) is 0 Å². The quantitative estimate of drug-likeness (QED) is 0.650. The van der Waals surface area contributed by atoms with Crippen LogP contribution in [-0.2, 0) is 16.0 Å². The van der Waals surface area contributed by atoms with E-state index in [9.17, 15) is 4.79 Å². The number of carboxylic acid groups (broad SMARTS) is 1. The summed E-state index contributed by atoms with van der Waals surface area (Å²) in [6.07, 6.45) is 2.28. The number of hydrogen-bond acceptors (Lipinski definition) is 5. The number of nitrogens with zero attached hydrogens (tertiary/aromatic N) is 1. The summed E-state index contributed by atoms with van der Waals surface area (Å²) in [6.45, 7) is 3.25. The van der Waals surface area contributed by atoms with Gasteiger partial charge in [0, 0.05) is 33.9 Å². The fourth-order valence-electron chi connectivity index (χ4n) is 1.78. The second-order valence-corrected chi connectivity index (χ2v) is 4.18. The van der Waals surface area contributed by atoms with Gasteiger partial charge in [-0.2, -0.15) is 0 Å². The number of ether oxygens (including phenoxy) is 2. The average molecular weight is 271 g/mol. The van der Waals surface area contributed by atoms with Crippen molar-refractivity contribution < 1.29 is 23.8 Å². The maximum absolute atomic E-state index is 11.0. The lowest BCUT2D eigenvalue weighted by molar-refractivity contribution is 0.0691. The van der Waals surface area contributed by atoms with Gasteiger partial charge in [-0.15, -0.1) is 0 Å². The highest BCUT2D eigenvalue weighted by molar-refractivity contribution is 5.88. The van der Waals surface area contributed by atoms with Gasteiger partial charge in [-0.1, -0.05) is 0 Å². The monoisotopic (exact) mass is 271 g/mol. The molecule has 0 radical (unpaired) electrons. The molecule has 0 amide bonds. The van der Waals surface area contributed by atoms with E-state index in [1.807, 2.05) is 0 Å². The van der Waals surface area contributed by atoms with E-state index in [1.165, 1.54) is 12.3 Å². The van der Waals surface area contributed by atoms with Crippen molar-refractivity contribution >= 4 is 5.97 Å². The average Bonchev–Trinajstić information content (AvgIpc) is 2.84. The first-order valence-electron chi connectivity index (χ1n) is 6.19. The van der Waals surface area contributed by atoms with Crippen molar-refractivity contribution in [2.45, 2.75) is 13.0 Å². The maximum Gasteiger partial charge on any atom is 0.339 e. The number of carboxylic acids is 1. The number of rotatable bonds is 10. The summed E-state index contributed by atoms with van der Waals surface area (Å²) < 4.78 is 15.3. The van der Waals surface area contributed by atoms with Gasteiger partial charge >= 0.3 is 5.97 Å². The standard InChI is InChI=1S/C13H21NO5/c1-17-7-3-5-14(6-9-18-2)10-12-11(13(15)16)4-8-19-12/h4,8H,3,5-7,9-10H2,1-2H3,(H,15,16). The first kappa shape index (κ1) is 15.7. The van der Waals surface area contributed by atoms with Gasteiger partial charge in [0.15, 0.2) is 0 Å². The molecule has 6 nitrogen and oxygen atoms in total. The summed E-state index contributed by atoms with van der Waals surface area (Å²) in [5.41, 5.74) is 0.217. The molecule has 0 atom stereocenters. The van der Waals surface area contributed by atoms with E-state index >= 15 is 0 Å². The van der Waals surface area contributed by atoms with Crippen LogP contribution in [0.15, 0.2) is 16.7 Å². The Kier molecular flexibility index (Phi) is 7.17. The predicted octanol–water partition coefficient (Wildman–Crippen LogP) is 1.46. The molecule has 0 aromatic carbocycles. The maximum atomic E-state index is 11.0. The Balaban J connectivity index is 2.58. The van der Waals surface area contributed by atoms with Crippen molar-refractivity contribution in [1.82, 2.24) is 4.90 Å². The highest BCUT2D eigenvalue weighted by Crippen LogP contribution is 2.13. The van der Waals surface area contributed by atoms with Crippen LogP contribution in [0.3, 0.4) is 0 Å². The smallest absolute Gasteiger partial charge is 0.339 e. The largest absolute Gasteiger partial charge is 0.478 e. The Hall–Kier alpha value is -1.37. The van der Waals surface area contributed by atoms with Gasteiger partial charge in [-0.3, -0.25) is 4.90 Å². The molecule has 1 aromatic heterocycles. The second kappa shape index (κ2) is 8.68. The summed E-state index contributed by atoms with van der Waals surface area (Å²) in [5, 5.41) is 9.03. The highest BCUT2D eigenvalue weighted by atomic mass is 16.5. The van der Waals surface area contributed by atoms with Gasteiger partial charge in [0.1, 0.15) is 11.3 Å². The van der Waals surface area contributed by atoms with Gasteiger partial charge < -0.3 is 19.0 Å². The van der Waals surface area contributed by atoms with Crippen LogP contribution in [0, 0.1) is 0 Å². The van der Waals surface area contributed by atoms with Gasteiger partial charge in [-0.05, 0) is 12.5 Å². The Morgan fingerprint density at radius 1 is 1.32 bits per heavy atom. The molecule has 0 saturated heterocycles. The van der Waals surface area contributed by atoms with Gasteiger partial charge in [0.05, 0.1) is 19.4 Å². The molecule has 0 aliphatic carbocycles. The molecule has 0 spiro atoms. The third kappa shape index (κ3) is 5.42. The zero-order valence-electron chi connectivity index (χ0n) is 11.4. The zero-order chi connectivity index (χ0) is 14.1. The second-order valence-electron chi connectivity index (χ2n) is 4.18. The molecular formula is C13H21NO5. The minimum absolute atomic E-state index is 0.217. The summed E-state index contributed by atoms with van der Waals surface area (Å²) >= 11 is 0. The number of carbonyl (C=O) groups is 1. The van der Waals surface area contributed by atoms with Crippen LogP contribution < -0.4 is 0 Å². The molecule has 1 heterocycles. The SMILES string of the molecule is COCCCN(CCOC)Cc1occc1C(=O)O. The molecule has 6 heteroatoms. The van der Waals surface area contributed by atoms with E-state index in [4.69, 9.17) is 19.0 Å². The lowest BCUT2D eigenvalue weighted by Crippen LogP contribution is -2.29. The van der Waals surface area contributed by atoms with Crippen LogP contribution in [0.1, 0.15) is 22.5 Å². The minimum atomic E-state index is -0.965. The molecule has 0 bridgehead atoms. The summed E-state index contributed by atoms with van der Waals surface area (Å²) in [6, 6.07) is 1.47. The number of methoxy groups -OCH3 is 2. The zero-order valence-corrected chi connectivity index (χ0v) is 11.4. The first-order valence-corrected chi connectivity index (χ1v) is 6.19. The van der Waals surface area contributed by atoms with Gasteiger partial charge in [0.2, 0.25) is 0 Å². The van der Waals surface area contributed by atoms with Crippen molar-refractivity contribution in [1.29, 1.82) is 0 Å². The Bertz CT molecular complexity index is 377. The van der Waals surface area contributed by atoms with Gasteiger partial charge in [0.25, 0.3) is 0 Å². The normalized spacial score (nSPS) is 11.1. The fraction of sp³-hybridized carbons (Fsp3) is 0.615. The van der Waals surface area contributed by atoms with Crippen molar-refractivity contribution in [2.75, 3.05) is 40.5 Å². The number of hydrogen-bond donors (Lipinski definition) is 1. The van der Waals surface area contributed by atoms with Crippen LogP contribution in [0.2, 0.25) is 0 Å². The Labute approximate surface area is 112 Å². The van der Waals surface area contributed by atoms with E-state index < -0.39 is 5.97 Å². The van der Waals surface area contributed by atoms with Crippen LogP contribution in [0.5, 0.6) is 0 Å². The molecule has 1 aromatic rings. The van der Waals surface area contributed by atoms with Crippen LogP contribution in [-0.4, -0.2) is 56.5 Å². The molecule has 1 rings (SSSR count). The van der Waals surface area contributed by atoms with Crippen molar-refractivity contribution in [2.24, 2.45) is 0 Å². The molecule has 108 valence electrons. The van der Waals surface area contributed by atoms with E-state index in [-0.39, 0.29) is 5.56 Å². The third-order valence-corrected chi connectivity index (χ3v) is 2.78. The van der Waals surface area contributed by atoms with Crippen molar-refractivity contribution in [3.8, 4) is 0 Å². The first-order chi connectivity index (χ1) is 9.19. The minimum Gasteiger partial charge on any atom is -0.478 e. The molecule has 0 aliphatic heterocycles. The highest BCUT2D eigenvalue weighted by Gasteiger charge is 2.16. The molecule has 0 aliphatic rings. The Morgan fingerprint density at radius 3 is 2.68 bits per heavy atom. The fourth-order valence-corrected chi connectivity index (χ4v) is 1.78. The molecule has 1 N–H and O–H groups in total. The number of aromatic carboxylic acids is 1. The van der Waals surface area contributed by atoms with Gasteiger partial charge in [-0.25, -0.2) is 4.79 Å². The molecule has 0 saturated carbocycles. The molecule has 0 fully saturated rings. The van der Waals surface area contributed by atoms with E-state index in [0.717, 1.165) is 19.5 Å². The lowest BCUT2D eigenvalue weighted by atomic mass is 10.2. The molecule has 0 unspecified atom stereocenters. The van der Waals surface area contributed by atoms with E-state index in [0.29, 0.717) is 25.5 Å². The summed E-state index contributed by atoms with van der Waals surface area (Å²) in [4.78, 5) is 13.1. The summed E-state index contributed by atoms with van der Waals surface area (Å²) in [7, 11) is 3.30. The topological polar surface area (TPSA) is 72.1 Å². The summed E-state index contributed by atoms with van der Waals surface area (Å²) in [5.74, 6) is -0.492. The number of furan rings is 1. The molecule has 19 heavy (non-hydrogen) atoms. The van der Waals surface area contributed by atoms with E-state index in [2.05, 4.69) is 4.90 Å². The van der Waals surface area contributed by atoms with Crippen molar-refractivity contribution in [3.05, 3.63) is 23.7 Å². The van der Waals surface area contributed by atoms with E-state index in [1.54, 1.807) is 14.2 Å².